The number of carbonyl (C=O) groups excluding carboxylic acids is 2. The van der Waals surface area contributed by atoms with Gasteiger partial charge in [0.15, 0.2) is 5.41 Å². The summed E-state index contributed by atoms with van der Waals surface area (Å²) < 4.78 is 24.4. The third kappa shape index (κ3) is 5.22. The van der Waals surface area contributed by atoms with Crippen LogP contribution in [0.15, 0.2) is 35.2 Å². The summed E-state index contributed by atoms with van der Waals surface area (Å²) >= 11 is 0. The largest absolute Gasteiger partial charge is 0.459 e. The van der Waals surface area contributed by atoms with Gasteiger partial charge in [-0.15, -0.1) is 0 Å². The highest BCUT2D eigenvalue weighted by Crippen LogP contribution is 2.48. The molecule has 0 amide bonds. The van der Waals surface area contributed by atoms with E-state index in [0.29, 0.717) is 4.90 Å². The smallest absolute Gasteiger partial charge is 0.324 e. The van der Waals surface area contributed by atoms with E-state index >= 15 is 0 Å². The minimum absolute atomic E-state index is 0.0962. The van der Waals surface area contributed by atoms with E-state index < -0.39 is 39.4 Å². The van der Waals surface area contributed by atoms with Crippen LogP contribution >= 0.6 is 0 Å². The number of carbonyl (C=O) groups is 2. The predicted octanol–water partition coefficient (Wildman–Crippen LogP) is 4.26. The van der Waals surface area contributed by atoms with Crippen LogP contribution in [0.5, 0.6) is 0 Å². The van der Waals surface area contributed by atoms with Crippen molar-refractivity contribution in [3.63, 3.8) is 0 Å². The Bertz CT molecular complexity index is 714. The molecule has 1 unspecified atom stereocenters. The minimum atomic E-state index is -1.44. The Morgan fingerprint density at radius 3 is 1.82 bits per heavy atom. The molecule has 0 aromatic heterocycles. The maximum atomic E-state index is 13.2. The Morgan fingerprint density at radius 1 is 0.929 bits per heavy atom. The van der Waals surface area contributed by atoms with Crippen molar-refractivity contribution in [2.45, 2.75) is 82.7 Å². The first-order chi connectivity index (χ1) is 12.8. The van der Waals surface area contributed by atoms with Crippen molar-refractivity contribution in [2.24, 2.45) is 11.3 Å². The molecule has 0 saturated heterocycles. The lowest BCUT2D eigenvalue weighted by Gasteiger charge is -2.32. The maximum Gasteiger partial charge on any atom is 0.324 e. The second-order valence-corrected chi connectivity index (χ2v) is 11.3. The molecule has 3 atom stereocenters. The highest BCUT2D eigenvalue weighted by molar-refractivity contribution is 7.85. The fourth-order valence-corrected chi connectivity index (χ4v) is 5.22. The number of esters is 2. The van der Waals surface area contributed by atoms with Gasteiger partial charge in [0.25, 0.3) is 0 Å². The van der Waals surface area contributed by atoms with Crippen LogP contribution in [0.4, 0.5) is 0 Å². The van der Waals surface area contributed by atoms with Gasteiger partial charge in [-0.3, -0.25) is 13.8 Å². The van der Waals surface area contributed by atoms with Crippen molar-refractivity contribution in [3.05, 3.63) is 30.3 Å². The van der Waals surface area contributed by atoms with Crippen LogP contribution in [-0.4, -0.2) is 32.6 Å². The summed E-state index contributed by atoms with van der Waals surface area (Å²) in [5.41, 5.74) is -2.90. The Morgan fingerprint density at radius 2 is 1.39 bits per heavy atom. The van der Waals surface area contributed by atoms with Crippen molar-refractivity contribution < 1.29 is 23.3 Å². The number of rotatable bonds is 4. The standard InChI is InChI=1S/C22H32O5S/c1-15-13-22(18(23)26-20(2,3)4,19(24)27-21(5,6)7)14-17(15)28(25)16-11-9-8-10-12-16/h8-12,15,17H,13-14H2,1-7H3/t15-,17-,28?/m0/s1. The van der Waals surface area contributed by atoms with Crippen molar-refractivity contribution in [1.82, 2.24) is 0 Å². The van der Waals surface area contributed by atoms with Crippen LogP contribution < -0.4 is 0 Å². The van der Waals surface area contributed by atoms with Crippen molar-refractivity contribution in [1.29, 1.82) is 0 Å². The zero-order valence-corrected chi connectivity index (χ0v) is 18.7. The average molecular weight is 409 g/mol. The Hall–Kier alpha value is -1.69. The Balaban J connectivity index is 2.39. The maximum absolute atomic E-state index is 13.2. The van der Waals surface area contributed by atoms with E-state index in [4.69, 9.17) is 9.47 Å². The van der Waals surface area contributed by atoms with Crippen LogP contribution in [0.1, 0.15) is 61.3 Å². The summed E-state index contributed by atoms with van der Waals surface area (Å²) in [5, 5.41) is -0.331. The first-order valence-corrected chi connectivity index (χ1v) is 10.9. The van der Waals surface area contributed by atoms with Crippen molar-refractivity contribution in [2.75, 3.05) is 0 Å². The van der Waals surface area contributed by atoms with E-state index in [0.717, 1.165) is 0 Å². The summed E-state index contributed by atoms with van der Waals surface area (Å²) in [4.78, 5) is 27.0. The second kappa shape index (κ2) is 7.97. The first-order valence-electron chi connectivity index (χ1n) is 9.68. The Labute approximate surface area is 170 Å². The molecular weight excluding hydrogens is 376 g/mol. The van der Waals surface area contributed by atoms with Gasteiger partial charge in [0.2, 0.25) is 0 Å². The van der Waals surface area contributed by atoms with Crippen LogP contribution in [0.2, 0.25) is 0 Å². The molecule has 1 aromatic rings. The summed E-state index contributed by atoms with van der Waals surface area (Å²) in [6.45, 7) is 12.5. The summed E-state index contributed by atoms with van der Waals surface area (Å²) in [6.07, 6.45) is 0.416. The summed E-state index contributed by atoms with van der Waals surface area (Å²) in [6, 6.07) is 9.15. The molecule has 0 heterocycles. The molecule has 1 fully saturated rings. The van der Waals surface area contributed by atoms with Crippen molar-refractivity contribution >= 4 is 22.7 Å². The SMILES string of the molecule is C[C@H]1CC(C(=O)OC(C)(C)C)(C(=O)OC(C)(C)C)C[C@@H]1S(=O)c1ccccc1. The van der Waals surface area contributed by atoms with Gasteiger partial charge < -0.3 is 9.47 Å². The molecule has 0 N–H and O–H groups in total. The molecular formula is C22H32O5S. The van der Waals surface area contributed by atoms with Gasteiger partial charge in [-0.25, -0.2) is 0 Å². The topological polar surface area (TPSA) is 69.7 Å². The first kappa shape index (κ1) is 22.6. The second-order valence-electron chi connectivity index (χ2n) is 9.62. The molecule has 0 spiro atoms. The van der Waals surface area contributed by atoms with Crippen LogP contribution in [0.25, 0.3) is 0 Å². The molecule has 1 aromatic carbocycles. The van der Waals surface area contributed by atoms with E-state index in [2.05, 4.69) is 0 Å². The number of hydrogen-bond acceptors (Lipinski definition) is 5. The van der Waals surface area contributed by atoms with Gasteiger partial charge >= 0.3 is 11.9 Å². The third-order valence-electron chi connectivity index (χ3n) is 4.68. The van der Waals surface area contributed by atoms with Gasteiger partial charge in [-0.1, -0.05) is 25.1 Å². The van der Waals surface area contributed by atoms with E-state index in [1.54, 1.807) is 41.5 Å². The van der Waals surface area contributed by atoms with E-state index in [-0.39, 0.29) is 24.0 Å². The van der Waals surface area contributed by atoms with E-state index in [9.17, 15) is 13.8 Å². The van der Waals surface area contributed by atoms with Gasteiger partial charge in [0.1, 0.15) is 11.2 Å². The molecule has 28 heavy (non-hydrogen) atoms. The predicted molar refractivity (Wildman–Crippen MR) is 109 cm³/mol. The third-order valence-corrected chi connectivity index (χ3v) is 6.60. The quantitative estimate of drug-likeness (QED) is 0.550. The number of hydrogen-bond donors (Lipinski definition) is 0. The molecule has 0 bridgehead atoms. The summed E-state index contributed by atoms with van der Waals surface area (Å²) in [7, 11) is -1.33. The normalized spacial score (nSPS) is 23.1. The Kier molecular flexibility index (Phi) is 6.44. The highest BCUT2D eigenvalue weighted by atomic mass is 32.2. The number of benzene rings is 1. The minimum Gasteiger partial charge on any atom is -0.459 e. The molecule has 156 valence electrons. The van der Waals surface area contributed by atoms with Crippen LogP contribution in [-0.2, 0) is 29.9 Å². The molecule has 0 radical (unpaired) electrons. The van der Waals surface area contributed by atoms with Gasteiger partial charge in [0.05, 0.1) is 10.8 Å². The van der Waals surface area contributed by atoms with Gasteiger partial charge in [-0.05, 0) is 72.4 Å². The highest BCUT2D eigenvalue weighted by Gasteiger charge is 2.59. The average Bonchev–Trinajstić information content (AvgIpc) is 2.91. The lowest BCUT2D eigenvalue weighted by molar-refractivity contribution is -0.185. The van der Waals surface area contributed by atoms with Crippen molar-refractivity contribution in [3.8, 4) is 0 Å². The fourth-order valence-electron chi connectivity index (χ4n) is 3.49. The molecule has 6 heteroatoms. The van der Waals surface area contributed by atoms with E-state index in [1.165, 1.54) is 0 Å². The molecule has 1 aliphatic rings. The molecule has 1 aliphatic carbocycles. The summed E-state index contributed by atoms with van der Waals surface area (Å²) in [5.74, 6) is -1.27. The monoisotopic (exact) mass is 408 g/mol. The zero-order chi connectivity index (χ0) is 21.3. The zero-order valence-electron chi connectivity index (χ0n) is 17.9. The molecule has 0 aliphatic heterocycles. The number of ether oxygens (including phenoxy) is 2. The fraction of sp³-hybridized carbons (Fsp3) is 0.636. The van der Waals surface area contributed by atoms with Crippen LogP contribution in [0, 0.1) is 11.3 Å². The molecule has 2 rings (SSSR count). The van der Waals surface area contributed by atoms with Gasteiger partial charge in [0, 0.05) is 10.1 Å². The molecule has 5 nitrogen and oxygen atoms in total. The van der Waals surface area contributed by atoms with Gasteiger partial charge in [-0.2, -0.15) is 0 Å². The lowest BCUT2D eigenvalue weighted by atomic mass is 9.85. The van der Waals surface area contributed by atoms with Crippen LogP contribution in [0.3, 0.4) is 0 Å². The molecule has 1 saturated carbocycles. The lowest BCUT2D eigenvalue weighted by Crippen LogP contribution is -2.45. The van der Waals surface area contributed by atoms with E-state index in [1.807, 2.05) is 37.3 Å².